The molecule has 1 aromatic heterocycles. The van der Waals surface area contributed by atoms with Gasteiger partial charge in [-0.05, 0) is 57.4 Å². The maximum absolute atomic E-state index is 12.5. The molecule has 0 atom stereocenters. The predicted octanol–water partition coefficient (Wildman–Crippen LogP) is 2.27. The molecular formula is C20H33IN6O2S. The Labute approximate surface area is 197 Å². The van der Waals surface area contributed by atoms with Crippen molar-refractivity contribution < 1.29 is 8.42 Å². The summed E-state index contributed by atoms with van der Waals surface area (Å²) in [7, 11) is -1.84. The minimum absolute atomic E-state index is 0. The molecule has 0 aliphatic carbocycles. The van der Waals surface area contributed by atoms with Gasteiger partial charge in [0.1, 0.15) is 0 Å². The lowest BCUT2D eigenvalue weighted by molar-refractivity contribution is 0.555. The molecule has 10 heteroatoms. The van der Waals surface area contributed by atoms with Crippen LogP contribution in [0.25, 0.3) is 0 Å². The van der Waals surface area contributed by atoms with E-state index in [-0.39, 0.29) is 30.5 Å². The highest BCUT2D eigenvalue weighted by Gasteiger charge is 2.16. The van der Waals surface area contributed by atoms with Crippen LogP contribution >= 0.6 is 24.0 Å². The number of aromatic nitrogens is 2. The summed E-state index contributed by atoms with van der Waals surface area (Å²) >= 11 is 0. The molecule has 8 nitrogen and oxygen atoms in total. The van der Waals surface area contributed by atoms with Gasteiger partial charge < -0.3 is 10.6 Å². The van der Waals surface area contributed by atoms with E-state index < -0.39 is 10.0 Å². The van der Waals surface area contributed by atoms with Crippen molar-refractivity contribution in [2.75, 3.05) is 26.7 Å². The number of aliphatic imine (C=N–C) groups is 1. The summed E-state index contributed by atoms with van der Waals surface area (Å²) in [4.78, 5) is 4.49. The first-order chi connectivity index (χ1) is 13.7. The van der Waals surface area contributed by atoms with E-state index in [1.165, 1.54) is 0 Å². The molecule has 0 radical (unpaired) electrons. The zero-order valence-corrected chi connectivity index (χ0v) is 21.5. The summed E-state index contributed by atoms with van der Waals surface area (Å²) in [5, 5.41) is 10.8. The summed E-state index contributed by atoms with van der Waals surface area (Å²) in [5.41, 5.74) is 3.83. The number of benzene rings is 1. The Morgan fingerprint density at radius 3 is 2.40 bits per heavy atom. The van der Waals surface area contributed by atoms with Crippen LogP contribution < -0.4 is 15.4 Å². The van der Waals surface area contributed by atoms with Gasteiger partial charge in [-0.25, -0.2) is 13.1 Å². The highest BCUT2D eigenvalue weighted by atomic mass is 127. The molecule has 0 saturated carbocycles. The zero-order valence-electron chi connectivity index (χ0n) is 18.3. The van der Waals surface area contributed by atoms with Gasteiger partial charge in [-0.15, -0.1) is 24.0 Å². The van der Waals surface area contributed by atoms with Crippen LogP contribution in [0.4, 0.5) is 0 Å². The van der Waals surface area contributed by atoms with Crippen LogP contribution in [0.5, 0.6) is 0 Å². The van der Waals surface area contributed by atoms with Crippen molar-refractivity contribution in [2.24, 2.45) is 4.99 Å². The van der Waals surface area contributed by atoms with E-state index in [2.05, 4.69) is 31.5 Å². The van der Waals surface area contributed by atoms with Gasteiger partial charge >= 0.3 is 0 Å². The number of nitrogens with one attached hydrogen (secondary N) is 3. The lowest BCUT2D eigenvalue weighted by Crippen LogP contribution is -2.42. The van der Waals surface area contributed by atoms with E-state index in [4.69, 9.17) is 0 Å². The summed E-state index contributed by atoms with van der Waals surface area (Å²) in [6.07, 6.45) is 0.905. The minimum atomic E-state index is -3.53. The van der Waals surface area contributed by atoms with Crippen LogP contribution in [0, 0.1) is 27.7 Å². The summed E-state index contributed by atoms with van der Waals surface area (Å²) < 4.78 is 29.6. The van der Waals surface area contributed by atoms with Crippen molar-refractivity contribution in [3.63, 3.8) is 0 Å². The quantitative estimate of drug-likeness (QED) is 0.193. The first-order valence-corrected chi connectivity index (χ1v) is 11.2. The molecule has 2 aromatic rings. The Morgan fingerprint density at radius 2 is 1.77 bits per heavy atom. The Balaban J connectivity index is 0.00000450. The van der Waals surface area contributed by atoms with E-state index in [9.17, 15) is 8.42 Å². The number of hydrogen-bond acceptors (Lipinski definition) is 4. The number of sulfonamides is 1. The molecule has 0 amide bonds. The predicted molar refractivity (Wildman–Crippen MR) is 132 cm³/mol. The molecular weight excluding hydrogens is 515 g/mol. The van der Waals surface area contributed by atoms with Crippen molar-refractivity contribution in [1.82, 2.24) is 25.1 Å². The van der Waals surface area contributed by atoms with Gasteiger partial charge in [0.2, 0.25) is 10.0 Å². The molecule has 0 fully saturated rings. The average Bonchev–Trinajstić information content (AvgIpc) is 2.99. The number of hydrogen-bond donors (Lipinski definition) is 3. The standard InChI is InChI=1S/C20H32N6O2S.HI/c1-15-7-8-16(2)19(13-15)29(27,28)24-11-10-23-20(21-5)22-9-6-12-26-18(4)14-17(3)25-26;/h7-8,13-14,24H,6,9-12H2,1-5H3,(H2,21,22,23);1H. The SMILES string of the molecule is CN=C(NCCCn1nc(C)cc1C)NCCNS(=O)(=O)c1cc(C)ccc1C.I. The molecule has 0 spiro atoms. The van der Waals surface area contributed by atoms with E-state index in [0.717, 1.165) is 42.0 Å². The number of aryl methyl sites for hydroxylation is 5. The summed E-state index contributed by atoms with van der Waals surface area (Å²) in [5.74, 6) is 0.643. The number of halogens is 1. The number of nitrogens with zero attached hydrogens (tertiary/aromatic N) is 3. The molecule has 1 heterocycles. The fraction of sp³-hybridized carbons (Fsp3) is 0.500. The highest BCUT2D eigenvalue weighted by molar-refractivity contribution is 14.0. The lowest BCUT2D eigenvalue weighted by atomic mass is 10.2. The fourth-order valence-electron chi connectivity index (χ4n) is 3.00. The normalized spacial score (nSPS) is 11.8. The van der Waals surface area contributed by atoms with Gasteiger partial charge in [-0.1, -0.05) is 12.1 Å². The summed E-state index contributed by atoms with van der Waals surface area (Å²) in [6.45, 7) is 9.98. The maximum atomic E-state index is 12.5. The van der Waals surface area contributed by atoms with Gasteiger partial charge in [0.25, 0.3) is 0 Å². The van der Waals surface area contributed by atoms with Crippen LogP contribution in [-0.2, 0) is 16.6 Å². The Morgan fingerprint density at radius 1 is 1.07 bits per heavy atom. The maximum Gasteiger partial charge on any atom is 0.240 e. The zero-order chi connectivity index (χ0) is 21.4. The molecule has 1 aromatic carbocycles. The molecule has 3 N–H and O–H groups in total. The van der Waals surface area contributed by atoms with Crippen LogP contribution in [0.15, 0.2) is 34.2 Å². The van der Waals surface area contributed by atoms with Crippen molar-refractivity contribution in [3.05, 3.63) is 46.8 Å². The van der Waals surface area contributed by atoms with Gasteiger partial charge in [0.05, 0.1) is 10.6 Å². The van der Waals surface area contributed by atoms with Crippen molar-refractivity contribution >= 4 is 40.0 Å². The minimum Gasteiger partial charge on any atom is -0.356 e. The Kier molecular flexibility index (Phi) is 10.8. The highest BCUT2D eigenvalue weighted by Crippen LogP contribution is 2.16. The molecule has 0 aliphatic heterocycles. The van der Waals surface area contributed by atoms with Crippen LogP contribution in [0.3, 0.4) is 0 Å². The first-order valence-electron chi connectivity index (χ1n) is 9.75. The molecule has 30 heavy (non-hydrogen) atoms. The second kappa shape index (κ2) is 12.3. The third kappa shape index (κ3) is 7.88. The van der Waals surface area contributed by atoms with Gasteiger partial charge in [-0.2, -0.15) is 5.10 Å². The Bertz CT molecular complexity index is 956. The Hall–Kier alpha value is -1.66. The lowest BCUT2D eigenvalue weighted by Gasteiger charge is -2.13. The van der Waals surface area contributed by atoms with Gasteiger partial charge in [-0.3, -0.25) is 9.67 Å². The van der Waals surface area contributed by atoms with E-state index in [1.54, 1.807) is 20.0 Å². The second-order valence-corrected chi connectivity index (χ2v) is 8.83. The van der Waals surface area contributed by atoms with Gasteiger partial charge in [0.15, 0.2) is 5.96 Å². The van der Waals surface area contributed by atoms with E-state index >= 15 is 0 Å². The van der Waals surface area contributed by atoms with Crippen LogP contribution in [0.1, 0.15) is 28.9 Å². The third-order valence-corrected chi connectivity index (χ3v) is 6.11. The summed E-state index contributed by atoms with van der Waals surface area (Å²) in [6, 6.07) is 7.47. The molecule has 0 aliphatic rings. The van der Waals surface area contributed by atoms with E-state index in [0.29, 0.717) is 17.4 Å². The molecule has 0 bridgehead atoms. The smallest absolute Gasteiger partial charge is 0.240 e. The molecule has 2 rings (SSSR count). The van der Waals surface area contributed by atoms with Crippen LogP contribution in [-0.4, -0.2) is 50.8 Å². The monoisotopic (exact) mass is 548 g/mol. The van der Waals surface area contributed by atoms with Crippen LogP contribution in [0.2, 0.25) is 0 Å². The number of rotatable bonds is 9. The van der Waals surface area contributed by atoms with Gasteiger partial charge in [0, 0.05) is 38.9 Å². The molecule has 0 saturated heterocycles. The van der Waals surface area contributed by atoms with Crippen molar-refractivity contribution in [2.45, 2.75) is 45.6 Å². The second-order valence-electron chi connectivity index (χ2n) is 7.10. The first kappa shape index (κ1) is 26.4. The molecule has 168 valence electrons. The van der Waals surface area contributed by atoms with Crippen molar-refractivity contribution in [3.8, 4) is 0 Å². The third-order valence-electron chi connectivity index (χ3n) is 4.51. The van der Waals surface area contributed by atoms with E-state index in [1.807, 2.05) is 37.6 Å². The topological polar surface area (TPSA) is 100 Å². The largest absolute Gasteiger partial charge is 0.356 e. The fourth-order valence-corrected chi connectivity index (χ4v) is 4.36. The molecule has 0 unspecified atom stereocenters. The average molecular weight is 548 g/mol. The number of guanidine groups is 1. The van der Waals surface area contributed by atoms with Crippen molar-refractivity contribution in [1.29, 1.82) is 0 Å².